The maximum Gasteiger partial charge on any atom is 0.305 e. The molecule has 1 aromatic carbocycles. The van der Waals surface area contributed by atoms with Crippen LogP contribution >= 0.6 is 0 Å². The molecule has 1 N–H and O–H groups in total. The van der Waals surface area contributed by atoms with Gasteiger partial charge in [0.25, 0.3) is 0 Å². The van der Waals surface area contributed by atoms with E-state index >= 15 is 0 Å². The summed E-state index contributed by atoms with van der Waals surface area (Å²) in [7, 11) is 1.65. The molecule has 1 aromatic rings. The molecule has 0 bridgehead atoms. The molecular formula is C12H15NO3. The van der Waals surface area contributed by atoms with Gasteiger partial charge in [0.1, 0.15) is 5.75 Å². The lowest BCUT2D eigenvalue weighted by atomic mass is 10.1. The summed E-state index contributed by atoms with van der Waals surface area (Å²) in [4.78, 5) is 12.6. The number of aliphatic carboxylic acids is 1. The number of carbonyl (C=O) groups is 1. The Morgan fingerprint density at radius 1 is 1.56 bits per heavy atom. The van der Waals surface area contributed by atoms with E-state index in [1.807, 2.05) is 18.2 Å². The Hall–Kier alpha value is -1.71. The molecule has 1 aliphatic rings. The van der Waals surface area contributed by atoms with E-state index in [1.54, 1.807) is 7.11 Å². The van der Waals surface area contributed by atoms with Crippen LogP contribution in [0.1, 0.15) is 12.0 Å². The first-order chi connectivity index (χ1) is 7.70. The van der Waals surface area contributed by atoms with Crippen molar-refractivity contribution in [2.75, 3.05) is 25.1 Å². The molecule has 0 spiro atoms. The van der Waals surface area contributed by atoms with Gasteiger partial charge in [0.2, 0.25) is 0 Å². The Labute approximate surface area is 94.4 Å². The highest BCUT2D eigenvalue weighted by atomic mass is 16.5. The van der Waals surface area contributed by atoms with Crippen molar-refractivity contribution in [2.24, 2.45) is 0 Å². The highest BCUT2D eigenvalue weighted by Crippen LogP contribution is 2.31. The van der Waals surface area contributed by atoms with Crippen LogP contribution in [0.25, 0.3) is 0 Å². The molecule has 4 nitrogen and oxygen atoms in total. The third kappa shape index (κ3) is 2.10. The van der Waals surface area contributed by atoms with Gasteiger partial charge in [0, 0.05) is 18.8 Å². The van der Waals surface area contributed by atoms with Gasteiger partial charge >= 0.3 is 5.97 Å². The van der Waals surface area contributed by atoms with Gasteiger partial charge in [0.15, 0.2) is 0 Å². The van der Waals surface area contributed by atoms with Crippen LogP contribution in [-0.4, -0.2) is 31.3 Å². The third-order valence-electron chi connectivity index (χ3n) is 2.87. The van der Waals surface area contributed by atoms with Crippen molar-refractivity contribution in [2.45, 2.75) is 12.8 Å². The second kappa shape index (κ2) is 4.43. The molecule has 1 aliphatic heterocycles. The zero-order chi connectivity index (χ0) is 11.5. The zero-order valence-electron chi connectivity index (χ0n) is 9.27. The van der Waals surface area contributed by atoms with Crippen LogP contribution in [-0.2, 0) is 11.2 Å². The summed E-state index contributed by atoms with van der Waals surface area (Å²) < 4.78 is 5.16. The fourth-order valence-corrected chi connectivity index (χ4v) is 2.04. The summed E-state index contributed by atoms with van der Waals surface area (Å²) in [5.41, 5.74) is 2.38. The number of carboxylic acid groups (broad SMARTS) is 1. The van der Waals surface area contributed by atoms with Crippen LogP contribution < -0.4 is 9.64 Å². The van der Waals surface area contributed by atoms with E-state index in [9.17, 15) is 4.79 Å². The van der Waals surface area contributed by atoms with E-state index in [4.69, 9.17) is 9.84 Å². The molecule has 0 aromatic heterocycles. The van der Waals surface area contributed by atoms with Gasteiger partial charge in [-0.25, -0.2) is 0 Å². The van der Waals surface area contributed by atoms with Gasteiger partial charge < -0.3 is 14.7 Å². The van der Waals surface area contributed by atoms with E-state index in [1.165, 1.54) is 5.56 Å². The fourth-order valence-electron chi connectivity index (χ4n) is 2.04. The smallest absolute Gasteiger partial charge is 0.305 e. The summed E-state index contributed by atoms with van der Waals surface area (Å²) >= 11 is 0. The number of benzene rings is 1. The van der Waals surface area contributed by atoms with Crippen molar-refractivity contribution < 1.29 is 14.6 Å². The fraction of sp³-hybridized carbons (Fsp3) is 0.417. The van der Waals surface area contributed by atoms with Gasteiger partial charge in [-0.05, 0) is 30.2 Å². The minimum absolute atomic E-state index is 0.186. The molecule has 0 atom stereocenters. The highest BCUT2D eigenvalue weighted by Gasteiger charge is 2.19. The largest absolute Gasteiger partial charge is 0.497 e. The maximum atomic E-state index is 10.5. The second-order valence-corrected chi connectivity index (χ2v) is 3.88. The van der Waals surface area contributed by atoms with Crippen molar-refractivity contribution in [3.63, 3.8) is 0 Å². The molecule has 0 saturated heterocycles. The van der Waals surface area contributed by atoms with Crippen molar-refractivity contribution in [3.8, 4) is 5.75 Å². The SMILES string of the molecule is COc1ccc2c(c1)CCN2CCC(=O)O. The van der Waals surface area contributed by atoms with E-state index in [0.717, 1.165) is 24.4 Å². The van der Waals surface area contributed by atoms with Crippen LogP contribution in [0.15, 0.2) is 18.2 Å². The lowest BCUT2D eigenvalue weighted by molar-refractivity contribution is -0.136. The summed E-state index contributed by atoms with van der Waals surface area (Å²) in [5, 5.41) is 8.66. The van der Waals surface area contributed by atoms with E-state index in [2.05, 4.69) is 4.90 Å². The molecule has 1 heterocycles. The average Bonchev–Trinajstić information content (AvgIpc) is 2.68. The monoisotopic (exact) mass is 221 g/mol. The molecule has 0 radical (unpaired) electrons. The zero-order valence-corrected chi connectivity index (χ0v) is 9.27. The lowest BCUT2D eigenvalue weighted by Crippen LogP contribution is -2.23. The normalized spacial score (nSPS) is 13.7. The standard InChI is InChI=1S/C12H15NO3/c1-16-10-2-3-11-9(8-10)4-6-13(11)7-5-12(14)15/h2-3,8H,4-7H2,1H3,(H,14,15). The van der Waals surface area contributed by atoms with Crippen LogP contribution in [0.5, 0.6) is 5.75 Å². The summed E-state index contributed by atoms with van der Waals surface area (Å²) in [6, 6.07) is 5.94. The van der Waals surface area contributed by atoms with E-state index in [-0.39, 0.29) is 6.42 Å². The lowest BCUT2D eigenvalue weighted by Gasteiger charge is -2.18. The van der Waals surface area contributed by atoms with Crippen LogP contribution in [0.3, 0.4) is 0 Å². The van der Waals surface area contributed by atoms with E-state index in [0.29, 0.717) is 6.54 Å². The van der Waals surface area contributed by atoms with Gasteiger partial charge in [-0.3, -0.25) is 4.79 Å². The number of hydrogen-bond donors (Lipinski definition) is 1. The minimum atomic E-state index is -0.748. The van der Waals surface area contributed by atoms with E-state index < -0.39 is 5.97 Å². The first-order valence-electron chi connectivity index (χ1n) is 5.34. The van der Waals surface area contributed by atoms with Crippen LogP contribution in [0.4, 0.5) is 5.69 Å². The second-order valence-electron chi connectivity index (χ2n) is 3.88. The number of fused-ring (bicyclic) bond motifs is 1. The minimum Gasteiger partial charge on any atom is -0.497 e. The number of anilines is 1. The molecule has 0 fully saturated rings. The Morgan fingerprint density at radius 2 is 2.38 bits per heavy atom. The van der Waals surface area contributed by atoms with Crippen LogP contribution in [0.2, 0.25) is 0 Å². The van der Waals surface area contributed by atoms with Crippen molar-refractivity contribution in [1.82, 2.24) is 0 Å². The number of carboxylic acids is 1. The Morgan fingerprint density at radius 3 is 3.06 bits per heavy atom. The first kappa shape index (κ1) is 10.8. The predicted molar refractivity (Wildman–Crippen MR) is 61.2 cm³/mol. The third-order valence-corrected chi connectivity index (χ3v) is 2.87. The molecule has 2 rings (SSSR count). The molecule has 0 unspecified atom stereocenters. The summed E-state index contributed by atoms with van der Waals surface area (Å²) in [5.74, 6) is 0.112. The molecule has 0 saturated carbocycles. The predicted octanol–water partition coefficient (Wildman–Crippen LogP) is 1.53. The van der Waals surface area contributed by atoms with Crippen LogP contribution in [0, 0.1) is 0 Å². The number of rotatable bonds is 4. The molecule has 86 valence electrons. The number of methoxy groups -OCH3 is 1. The van der Waals surface area contributed by atoms with Gasteiger partial charge in [-0.2, -0.15) is 0 Å². The first-order valence-corrected chi connectivity index (χ1v) is 5.34. The number of ether oxygens (including phenoxy) is 1. The van der Waals surface area contributed by atoms with Crippen molar-refractivity contribution >= 4 is 11.7 Å². The molecular weight excluding hydrogens is 206 g/mol. The molecule has 0 amide bonds. The maximum absolute atomic E-state index is 10.5. The quantitative estimate of drug-likeness (QED) is 0.837. The van der Waals surface area contributed by atoms with Crippen molar-refractivity contribution in [1.29, 1.82) is 0 Å². The van der Waals surface area contributed by atoms with Gasteiger partial charge in [-0.1, -0.05) is 0 Å². The average molecular weight is 221 g/mol. The summed E-state index contributed by atoms with van der Waals surface area (Å²) in [6.45, 7) is 1.48. The number of nitrogens with zero attached hydrogens (tertiary/aromatic N) is 1. The topological polar surface area (TPSA) is 49.8 Å². The van der Waals surface area contributed by atoms with Crippen molar-refractivity contribution in [3.05, 3.63) is 23.8 Å². The molecule has 16 heavy (non-hydrogen) atoms. The van der Waals surface area contributed by atoms with Gasteiger partial charge in [0.05, 0.1) is 13.5 Å². The summed E-state index contributed by atoms with van der Waals surface area (Å²) in [6.07, 6.45) is 1.15. The Balaban J connectivity index is 2.11. The van der Waals surface area contributed by atoms with Gasteiger partial charge in [-0.15, -0.1) is 0 Å². The highest BCUT2D eigenvalue weighted by molar-refractivity contribution is 5.68. The Bertz CT molecular complexity index is 403. The molecule has 4 heteroatoms. The number of hydrogen-bond acceptors (Lipinski definition) is 3. The Kier molecular flexibility index (Phi) is 2.99. The molecule has 0 aliphatic carbocycles.